The zero-order valence-electron chi connectivity index (χ0n) is 11.8. The quantitative estimate of drug-likeness (QED) is 0.811. The summed E-state index contributed by atoms with van der Waals surface area (Å²) in [4.78, 5) is 22.9. The highest BCUT2D eigenvalue weighted by atomic mass is 32.2. The lowest BCUT2D eigenvalue weighted by molar-refractivity contribution is -0.119. The molecule has 1 aromatic carbocycles. The Morgan fingerprint density at radius 2 is 2.24 bits per heavy atom. The summed E-state index contributed by atoms with van der Waals surface area (Å²) in [5.74, 6) is 2.09. The summed E-state index contributed by atoms with van der Waals surface area (Å²) < 4.78 is 10.4. The molecular formula is C14H18N2O4S. The summed E-state index contributed by atoms with van der Waals surface area (Å²) in [5.41, 5.74) is 5.53. The number of methoxy groups -OCH3 is 1. The molecule has 1 aromatic rings. The number of thioether (sulfide) groups is 1. The summed E-state index contributed by atoms with van der Waals surface area (Å²) in [5, 5.41) is 2.99. The first-order valence-electron chi connectivity index (χ1n) is 6.58. The molecule has 2 rings (SSSR count). The number of amides is 2. The first-order valence-corrected chi connectivity index (χ1v) is 7.73. The van der Waals surface area contributed by atoms with E-state index in [1.54, 1.807) is 18.2 Å². The standard InChI is InChI=1S/C14H18N2O4S/c1-19-12-6-9(2-3-11(12)20-7-13(15)17)14(18)16-10-4-5-21-8-10/h2-3,6,10H,4-5,7-8H2,1H3,(H2,15,17)(H,16,18). The zero-order valence-corrected chi connectivity index (χ0v) is 12.6. The van der Waals surface area contributed by atoms with E-state index in [1.165, 1.54) is 7.11 Å². The predicted molar refractivity (Wildman–Crippen MR) is 80.9 cm³/mol. The smallest absolute Gasteiger partial charge is 0.255 e. The monoisotopic (exact) mass is 310 g/mol. The van der Waals surface area contributed by atoms with Gasteiger partial charge in [0.15, 0.2) is 18.1 Å². The topological polar surface area (TPSA) is 90.7 Å². The van der Waals surface area contributed by atoms with Crippen LogP contribution < -0.4 is 20.5 Å². The van der Waals surface area contributed by atoms with Gasteiger partial charge in [0, 0.05) is 17.4 Å². The maximum atomic E-state index is 12.2. The van der Waals surface area contributed by atoms with Crippen LogP contribution in [0.15, 0.2) is 18.2 Å². The number of carbonyl (C=O) groups is 2. The molecule has 1 unspecified atom stereocenters. The molecule has 114 valence electrons. The lowest BCUT2D eigenvalue weighted by atomic mass is 10.1. The number of hydrogen-bond donors (Lipinski definition) is 2. The summed E-state index contributed by atoms with van der Waals surface area (Å²) in [7, 11) is 1.47. The molecule has 1 aliphatic rings. The first kappa shape index (κ1) is 15.5. The molecule has 1 atom stereocenters. The van der Waals surface area contributed by atoms with E-state index in [2.05, 4.69) is 5.32 Å². The summed E-state index contributed by atoms with van der Waals surface area (Å²) in [6.45, 7) is -0.235. The highest BCUT2D eigenvalue weighted by Crippen LogP contribution is 2.28. The molecule has 0 bridgehead atoms. The van der Waals surface area contributed by atoms with E-state index >= 15 is 0 Å². The highest BCUT2D eigenvalue weighted by Gasteiger charge is 2.19. The largest absolute Gasteiger partial charge is 0.493 e. The molecule has 0 saturated carbocycles. The number of benzene rings is 1. The van der Waals surface area contributed by atoms with E-state index in [0.29, 0.717) is 17.1 Å². The Morgan fingerprint density at radius 3 is 2.86 bits per heavy atom. The minimum atomic E-state index is -0.572. The van der Waals surface area contributed by atoms with Crippen molar-refractivity contribution in [1.29, 1.82) is 0 Å². The van der Waals surface area contributed by atoms with Crippen LogP contribution in [-0.2, 0) is 4.79 Å². The van der Waals surface area contributed by atoms with Gasteiger partial charge in [0.25, 0.3) is 11.8 Å². The Kier molecular flexibility index (Phi) is 5.32. The average Bonchev–Trinajstić information content (AvgIpc) is 2.97. The number of rotatable bonds is 6. The molecule has 3 N–H and O–H groups in total. The molecule has 6 nitrogen and oxygen atoms in total. The van der Waals surface area contributed by atoms with Gasteiger partial charge in [-0.2, -0.15) is 11.8 Å². The third-order valence-electron chi connectivity index (χ3n) is 3.06. The number of carbonyl (C=O) groups excluding carboxylic acids is 2. The molecule has 1 saturated heterocycles. The van der Waals surface area contributed by atoms with Crippen molar-refractivity contribution in [3.05, 3.63) is 23.8 Å². The predicted octanol–water partition coefficient (Wildman–Crippen LogP) is 0.795. The SMILES string of the molecule is COc1cc(C(=O)NC2CCSC2)ccc1OCC(N)=O. The van der Waals surface area contributed by atoms with Gasteiger partial charge in [-0.3, -0.25) is 9.59 Å². The normalized spacial score (nSPS) is 17.3. The van der Waals surface area contributed by atoms with Crippen LogP contribution in [0.25, 0.3) is 0 Å². The number of nitrogens with one attached hydrogen (secondary N) is 1. The van der Waals surface area contributed by atoms with E-state index < -0.39 is 5.91 Å². The number of hydrogen-bond acceptors (Lipinski definition) is 5. The highest BCUT2D eigenvalue weighted by molar-refractivity contribution is 7.99. The maximum Gasteiger partial charge on any atom is 0.255 e. The molecule has 21 heavy (non-hydrogen) atoms. The third-order valence-corrected chi connectivity index (χ3v) is 4.22. The van der Waals surface area contributed by atoms with Gasteiger partial charge in [-0.25, -0.2) is 0 Å². The molecular weight excluding hydrogens is 292 g/mol. The van der Waals surface area contributed by atoms with Gasteiger partial charge in [-0.1, -0.05) is 0 Å². The number of primary amides is 1. The van der Waals surface area contributed by atoms with Crippen molar-refractivity contribution < 1.29 is 19.1 Å². The van der Waals surface area contributed by atoms with Crippen molar-refractivity contribution in [2.24, 2.45) is 5.73 Å². The fourth-order valence-electron chi connectivity index (χ4n) is 1.99. The fourth-order valence-corrected chi connectivity index (χ4v) is 3.15. The molecule has 0 spiro atoms. The van der Waals surface area contributed by atoms with Crippen molar-refractivity contribution in [3.8, 4) is 11.5 Å². The van der Waals surface area contributed by atoms with Crippen molar-refractivity contribution in [3.63, 3.8) is 0 Å². The Morgan fingerprint density at radius 1 is 1.43 bits per heavy atom. The second-order valence-electron chi connectivity index (χ2n) is 4.65. The van der Waals surface area contributed by atoms with Crippen LogP contribution in [0.4, 0.5) is 0 Å². The van der Waals surface area contributed by atoms with Crippen molar-refractivity contribution in [2.75, 3.05) is 25.2 Å². The number of ether oxygens (including phenoxy) is 2. The first-order chi connectivity index (χ1) is 10.1. The van der Waals surface area contributed by atoms with Crippen LogP contribution >= 0.6 is 11.8 Å². The van der Waals surface area contributed by atoms with Gasteiger partial charge in [-0.05, 0) is 30.4 Å². The van der Waals surface area contributed by atoms with Crippen LogP contribution in [0, 0.1) is 0 Å². The van der Waals surface area contributed by atoms with E-state index in [4.69, 9.17) is 15.2 Å². The van der Waals surface area contributed by atoms with Crippen LogP contribution in [0.3, 0.4) is 0 Å². The molecule has 2 amide bonds. The van der Waals surface area contributed by atoms with Crippen LogP contribution in [0.2, 0.25) is 0 Å². The van der Waals surface area contributed by atoms with Gasteiger partial charge in [-0.15, -0.1) is 0 Å². The molecule has 1 heterocycles. The summed E-state index contributed by atoms with van der Waals surface area (Å²) >= 11 is 1.84. The van der Waals surface area contributed by atoms with Crippen molar-refractivity contribution >= 4 is 23.6 Å². The Hall–Kier alpha value is -1.89. The molecule has 0 aromatic heterocycles. The molecule has 0 radical (unpaired) electrons. The Bertz CT molecular complexity index is 530. The fraction of sp³-hybridized carbons (Fsp3) is 0.429. The van der Waals surface area contributed by atoms with Gasteiger partial charge < -0.3 is 20.5 Å². The summed E-state index contributed by atoms with van der Waals surface area (Å²) in [6.07, 6.45) is 0.993. The van der Waals surface area contributed by atoms with Gasteiger partial charge in [0.05, 0.1) is 7.11 Å². The van der Waals surface area contributed by atoms with Crippen LogP contribution in [0.1, 0.15) is 16.8 Å². The Balaban J connectivity index is 2.06. The third kappa shape index (κ3) is 4.29. The van der Waals surface area contributed by atoms with Gasteiger partial charge >= 0.3 is 0 Å². The zero-order chi connectivity index (χ0) is 15.2. The van der Waals surface area contributed by atoms with Crippen molar-refractivity contribution in [2.45, 2.75) is 12.5 Å². The average molecular weight is 310 g/mol. The second-order valence-corrected chi connectivity index (χ2v) is 5.80. The van der Waals surface area contributed by atoms with E-state index in [0.717, 1.165) is 17.9 Å². The van der Waals surface area contributed by atoms with E-state index in [1.807, 2.05) is 11.8 Å². The lowest BCUT2D eigenvalue weighted by Gasteiger charge is -2.13. The minimum absolute atomic E-state index is 0.137. The molecule has 0 aliphatic carbocycles. The number of nitrogens with two attached hydrogens (primary N) is 1. The van der Waals surface area contributed by atoms with Crippen molar-refractivity contribution in [1.82, 2.24) is 5.32 Å². The minimum Gasteiger partial charge on any atom is -0.493 e. The van der Waals surface area contributed by atoms with E-state index in [-0.39, 0.29) is 18.6 Å². The van der Waals surface area contributed by atoms with Gasteiger partial charge in [0.2, 0.25) is 0 Å². The second kappa shape index (κ2) is 7.21. The summed E-state index contributed by atoms with van der Waals surface area (Å²) in [6, 6.07) is 5.05. The van der Waals surface area contributed by atoms with E-state index in [9.17, 15) is 9.59 Å². The molecule has 1 aliphatic heterocycles. The maximum absolute atomic E-state index is 12.2. The molecule has 1 fully saturated rings. The molecule has 7 heteroatoms. The van der Waals surface area contributed by atoms with Gasteiger partial charge in [0.1, 0.15) is 0 Å². The van der Waals surface area contributed by atoms with Crippen LogP contribution in [-0.4, -0.2) is 43.1 Å². The van der Waals surface area contributed by atoms with Crippen LogP contribution in [0.5, 0.6) is 11.5 Å². The lowest BCUT2D eigenvalue weighted by Crippen LogP contribution is -2.34. The Labute approximate surface area is 127 Å².